The first-order chi connectivity index (χ1) is 12.8. The highest BCUT2D eigenvalue weighted by Gasteiger charge is 2.23. The van der Waals surface area contributed by atoms with Crippen molar-refractivity contribution < 1.29 is 5.11 Å². The minimum Gasteiger partial charge on any atom is -0.507 e. The van der Waals surface area contributed by atoms with E-state index in [-0.39, 0.29) is 16.9 Å². The van der Waals surface area contributed by atoms with E-state index >= 15 is 0 Å². The Hall–Kier alpha value is -3.14. The number of benzene rings is 2. The van der Waals surface area contributed by atoms with Crippen molar-refractivity contribution >= 4 is 11.9 Å². The van der Waals surface area contributed by atoms with E-state index in [1.54, 1.807) is 4.57 Å². The Morgan fingerprint density at radius 3 is 2.31 bits per heavy atom. The van der Waals surface area contributed by atoms with Crippen LogP contribution in [0.1, 0.15) is 29.7 Å². The molecule has 0 fully saturated rings. The third-order valence-electron chi connectivity index (χ3n) is 4.80. The lowest BCUT2D eigenvalue weighted by molar-refractivity contribution is 0.455. The summed E-state index contributed by atoms with van der Waals surface area (Å²) in [6.45, 7) is 0. The predicted molar refractivity (Wildman–Crippen MR) is 104 cm³/mol. The van der Waals surface area contributed by atoms with Crippen molar-refractivity contribution in [1.82, 2.24) is 4.57 Å². The van der Waals surface area contributed by atoms with Gasteiger partial charge in [0.25, 0.3) is 5.56 Å². The molecule has 0 saturated heterocycles. The summed E-state index contributed by atoms with van der Waals surface area (Å²) in [7, 11) is 0. The van der Waals surface area contributed by atoms with Crippen LogP contribution >= 0.6 is 0 Å². The number of aromatic hydroxyl groups is 1. The van der Waals surface area contributed by atoms with Gasteiger partial charge in [0, 0.05) is 23.2 Å². The molecule has 0 spiro atoms. The fourth-order valence-electron chi connectivity index (χ4n) is 3.52. The Kier molecular flexibility index (Phi) is 4.40. The highest BCUT2D eigenvalue weighted by molar-refractivity contribution is 5.86. The number of aliphatic imine (C=N–C) groups is 1. The van der Waals surface area contributed by atoms with Crippen LogP contribution in [0.15, 0.2) is 70.5 Å². The van der Waals surface area contributed by atoms with Crippen LogP contribution in [0.4, 0.5) is 5.69 Å². The molecule has 2 aromatic carbocycles. The molecule has 0 radical (unpaired) electrons. The summed E-state index contributed by atoms with van der Waals surface area (Å²) >= 11 is 0. The Bertz CT molecular complexity index is 1010. The topological polar surface area (TPSA) is 54.6 Å². The lowest BCUT2D eigenvalue weighted by Gasteiger charge is -2.23. The maximum absolute atomic E-state index is 13.2. The van der Waals surface area contributed by atoms with Crippen LogP contribution < -0.4 is 5.56 Å². The zero-order chi connectivity index (χ0) is 17.9. The molecule has 0 saturated carbocycles. The number of fused-ring (bicyclic) bond motifs is 1. The number of rotatable bonds is 3. The lowest BCUT2D eigenvalue weighted by atomic mass is 9.93. The van der Waals surface area contributed by atoms with Crippen LogP contribution in [0.3, 0.4) is 0 Å². The van der Waals surface area contributed by atoms with E-state index in [4.69, 9.17) is 0 Å². The summed E-state index contributed by atoms with van der Waals surface area (Å²) in [5, 5.41) is 10.8. The maximum Gasteiger partial charge on any atom is 0.267 e. The zero-order valence-electron chi connectivity index (χ0n) is 14.4. The van der Waals surface area contributed by atoms with Gasteiger partial charge in [0.2, 0.25) is 0 Å². The van der Waals surface area contributed by atoms with Crippen molar-refractivity contribution in [3.63, 3.8) is 0 Å². The first-order valence-electron chi connectivity index (χ1n) is 8.90. The highest BCUT2D eigenvalue weighted by Crippen LogP contribution is 2.31. The van der Waals surface area contributed by atoms with Crippen LogP contribution in [0.25, 0.3) is 5.69 Å². The third-order valence-corrected chi connectivity index (χ3v) is 4.80. The molecule has 4 rings (SSSR count). The zero-order valence-corrected chi connectivity index (χ0v) is 14.4. The first-order valence-corrected chi connectivity index (χ1v) is 8.90. The molecular formula is C22H20N2O2. The lowest BCUT2D eigenvalue weighted by Crippen LogP contribution is -2.28. The standard InChI is InChI=1S/C22H20N2O2/c25-21-18-13-7-8-14-20(18)24(17-11-5-2-6-12-17)22(26)19(21)15-23-16-9-3-1-4-10-16/h1-6,9-12,15,25H,7-8,13-14H2. The van der Waals surface area contributed by atoms with Gasteiger partial charge in [-0.05, 0) is 49.9 Å². The fraction of sp³-hybridized carbons (Fsp3) is 0.182. The van der Waals surface area contributed by atoms with E-state index in [0.717, 1.165) is 48.3 Å². The van der Waals surface area contributed by atoms with Gasteiger partial charge in [-0.1, -0.05) is 36.4 Å². The number of aromatic nitrogens is 1. The summed E-state index contributed by atoms with van der Waals surface area (Å²) in [5.74, 6) is 0.0802. The minimum atomic E-state index is -0.228. The van der Waals surface area contributed by atoms with Crippen molar-refractivity contribution in [2.45, 2.75) is 25.7 Å². The normalized spacial score (nSPS) is 13.7. The molecule has 3 aromatic rings. The van der Waals surface area contributed by atoms with Gasteiger partial charge in [0.1, 0.15) is 11.3 Å². The molecule has 0 unspecified atom stereocenters. The van der Waals surface area contributed by atoms with Gasteiger partial charge >= 0.3 is 0 Å². The second kappa shape index (κ2) is 7.00. The van der Waals surface area contributed by atoms with E-state index in [1.807, 2.05) is 60.7 Å². The number of pyridine rings is 1. The Labute approximate surface area is 152 Å². The average molecular weight is 344 g/mol. The summed E-state index contributed by atoms with van der Waals surface area (Å²) in [6.07, 6.45) is 5.10. The summed E-state index contributed by atoms with van der Waals surface area (Å²) in [5.41, 5.74) is 3.38. The van der Waals surface area contributed by atoms with E-state index < -0.39 is 0 Å². The summed E-state index contributed by atoms with van der Waals surface area (Å²) in [4.78, 5) is 17.6. The Morgan fingerprint density at radius 2 is 1.58 bits per heavy atom. The summed E-state index contributed by atoms with van der Waals surface area (Å²) < 4.78 is 1.74. The van der Waals surface area contributed by atoms with Crippen molar-refractivity contribution in [3.05, 3.63) is 87.8 Å². The molecule has 1 heterocycles. The molecule has 130 valence electrons. The van der Waals surface area contributed by atoms with Crippen molar-refractivity contribution in [2.75, 3.05) is 0 Å². The molecule has 1 N–H and O–H groups in total. The van der Waals surface area contributed by atoms with Gasteiger partial charge in [-0.3, -0.25) is 14.4 Å². The van der Waals surface area contributed by atoms with Gasteiger partial charge in [0.05, 0.1) is 5.69 Å². The van der Waals surface area contributed by atoms with Crippen LogP contribution in [0.5, 0.6) is 5.75 Å². The average Bonchev–Trinajstić information content (AvgIpc) is 2.70. The second-order valence-electron chi connectivity index (χ2n) is 6.46. The SMILES string of the molecule is O=c1c(C=Nc2ccccc2)c(O)c2c(n1-c1ccccc1)CCCC2. The number of para-hydroxylation sites is 2. The molecule has 4 heteroatoms. The van der Waals surface area contributed by atoms with Crippen LogP contribution in [0.2, 0.25) is 0 Å². The molecule has 0 bridgehead atoms. The number of hydrogen-bond donors (Lipinski definition) is 1. The van der Waals surface area contributed by atoms with Crippen molar-refractivity contribution in [1.29, 1.82) is 0 Å². The molecule has 0 aliphatic heterocycles. The molecule has 0 amide bonds. The fourth-order valence-corrected chi connectivity index (χ4v) is 3.52. The Balaban J connectivity index is 1.92. The van der Waals surface area contributed by atoms with Crippen LogP contribution in [-0.4, -0.2) is 15.9 Å². The number of nitrogens with zero attached hydrogens (tertiary/aromatic N) is 2. The molecule has 1 aliphatic carbocycles. The molecule has 0 atom stereocenters. The van der Waals surface area contributed by atoms with E-state index in [2.05, 4.69) is 4.99 Å². The largest absolute Gasteiger partial charge is 0.507 e. The van der Waals surface area contributed by atoms with E-state index in [1.165, 1.54) is 6.21 Å². The molecule has 1 aromatic heterocycles. The van der Waals surface area contributed by atoms with Gasteiger partial charge in [0.15, 0.2) is 0 Å². The highest BCUT2D eigenvalue weighted by atomic mass is 16.3. The first kappa shape index (κ1) is 16.3. The summed E-state index contributed by atoms with van der Waals surface area (Å²) in [6, 6.07) is 19.0. The molecule has 26 heavy (non-hydrogen) atoms. The third kappa shape index (κ3) is 2.94. The second-order valence-corrected chi connectivity index (χ2v) is 6.46. The van der Waals surface area contributed by atoms with Crippen LogP contribution in [-0.2, 0) is 12.8 Å². The van der Waals surface area contributed by atoms with Gasteiger partial charge in [-0.15, -0.1) is 0 Å². The predicted octanol–water partition coefficient (Wildman–Crippen LogP) is 4.17. The monoisotopic (exact) mass is 344 g/mol. The number of hydrogen-bond acceptors (Lipinski definition) is 3. The molecule has 4 nitrogen and oxygen atoms in total. The van der Waals surface area contributed by atoms with Crippen molar-refractivity contribution in [2.24, 2.45) is 4.99 Å². The molecule has 1 aliphatic rings. The smallest absolute Gasteiger partial charge is 0.267 e. The van der Waals surface area contributed by atoms with Gasteiger partial charge < -0.3 is 5.11 Å². The van der Waals surface area contributed by atoms with Crippen molar-refractivity contribution in [3.8, 4) is 11.4 Å². The van der Waals surface area contributed by atoms with E-state index in [0.29, 0.717) is 0 Å². The minimum absolute atomic E-state index is 0.0802. The van der Waals surface area contributed by atoms with Gasteiger partial charge in [-0.25, -0.2) is 0 Å². The quantitative estimate of drug-likeness (QED) is 0.725. The Morgan fingerprint density at radius 1 is 0.923 bits per heavy atom. The van der Waals surface area contributed by atoms with Crippen LogP contribution in [0, 0.1) is 0 Å². The maximum atomic E-state index is 13.2. The van der Waals surface area contributed by atoms with E-state index in [9.17, 15) is 9.90 Å². The molecular weight excluding hydrogens is 324 g/mol. The van der Waals surface area contributed by atoms with Gasteiger partial charge in [-0.2, -0.15) is 0 Å².